The van der Waals surface area contributed by atoms with Crippen molar-refractivity contribution in [1.29, 1.82) is 0 Å². The van der Waals surface area contributed by atoms with Gasteiger partial charge in [-0.2, -0.15) is 0 Å². The van der Waals surface area contributed by atoms with E-state index < -0.39 is 0 Å². The van der Waals surface area contributed by atoms with E-state index in [9.17, 15) is 0 Å². The molecule has 0 saturated carbocycles. The van der Waals surface area contributed by atoms with E-state index in [2.05, 4.69) is 42.5 Å². The lowest BCUT2D eigenvalue weighted by atomic mass is 9.83. The summed E-state index contributed by atoms with van der Waals surface area (Å²) in [4.78, 5) is 0. The summed E-state index contributed by atoms with van der Waals surface area (Å²) in [6.07, 6.45) is 6.96. The van der Waals surface area contributed by atoms with E-state index in [1.165, 1.54) is 23.1 Å². The summed E-state index contributed by atoms with van der Waals surface area (Å²) in [6, 6.07) is 14.5. The van der Waals surface area contributed by atoms with Crippen LogP contribution in [0.3, 0.4) is 0 Å². The zero-order chi connectivity index (χ0) is 13.5. The average Bonchev–Trinajstić information content (AvgIpc) is 2.86. The molecule has 2 aliphatic rings. The van der Waals surface area contributed by atoms with Gasteiger partial charge in [-0.15, -0.1) is 0 Å². The topological polar surface area (TPSA) is 35.2 Å². The van der Waals surface area contributed by atoms with Gasteiger partial charge in [0.15, 0.2) is 0 Å². The van der Waals surface area contributed by atoms with Crippen LogP contribution in [0, 0.1) is 0 Å². The number of nitrogen functional groups attached to an aromatic ring is 1. The van der Waals surface area contributed by atoms with E-state index >= 15 is 0 Å². The minimum Gasteiger partial charge on any atom is -0.485 e. The Hall–Kier alpha value is -2.22. The molecule has 0 aromatic heterocycles. The van der Waals surface area contributed by atoms with Crippen molar-refractivity contribution in [2.45, 2.75) is 24.9 Å². The van der Waals surface area contributed by atoms with Gasteiger partial charge in [0.2, 0.25) is 0 Å². The number of rotatable bonds is 1. The molecule has 0 spiro atoms. The Morgan fingerprint density at radius 2 is 1.90 bits per heavy atom. The molecule has 100 valence electrons. The molecule has 0 radical (unpaired) electrons. The van der Waals surface area contributed by atoms with Crippen molar-refractivity contribution in [1.82, 2.24) is 0 Å². The van der Waals surface area contributed by atoms with Gasteiger partial charge in [0.05, 0.1) is 0 Å². The highest BCUT2D eigenvalue weighted by Gasteiger charge is 2.35. The quantitative estimate of drug-likeness (QED) is 0.620. The molecule has 0 saturated heterocycles. The van der Waals surface area contributed by atoms with Crippen molar-refractivity contribution in [3.05, 3.63) is 60.2 Å². The third-order valence-electron chi connectivity index (χ3n) is 4.29. The molecule has 2 N–H and O–H groups in total. The SMILES string of the molecule is Nc1ccc(-c2cccc3c2C2CCC=CC2O3)cc1. The summed E-state index contributed by atoms with van der Waals surface area (Å²) in [7, 11) is 0. The maximum atomic E-state index is 6.09. The average molecular weight is 263 g/mol. The summed E-state index contributed by atoms with van der Waals surface area (Å²) in [5, 5.41) is 0. The van der Waals surface area contributed by atoms with Crippen molar-refractivity contribution in [2.24, 2.45) is 0 Å². The van der Waals surface area contributed by atoms with Gasteiger partial charge >= 0.3 is 0 Å². The van der Waals surface area contributed by atoms with Gasteiger partial charge in [0.1, 0.15) is 11.9 Å². The van der Waals surface area contributed by atoms with Crippen molar-refractivity contribution < 1.29 is 4.74 Å². The Balaban J connectivity index is 1.85. The van der Waals surface area contributed by atoms with Crippen LogP contribution in [0.2, 0.25) is 0 Å². The zero-order valence-corrected chi connectivity index (χ0v) is 11.3. The van der Waals surface area contributed by atoms with Crippen LogP contribution in [0.5, 0.6) is 5.75 Å². The number of fused-ring (bicyclic) bond motifs is 3. The molecule has 0 amide bonds. The molecule has 4 rings (SSSR count). The Kier molecular flexibility index (Phi) is 2.56. The first-order valence-corrected chi connectivity index (χ1v) is 7.15. The van der Waals surface area contributed by atoms with E-state index in [0.29, 0.717) is 5.92 Å². The lowest BCUT2D eigenvalue weighted by Gasteiger charge is -2.20. The molecule has 2 heteroatoms. The third-order valence-corrected chi connectivity index (χ3v) is 4.29. The van der Waals surface area contributed by atoms with Gasteiger partial charge in [-0.25, -0.2) is 0 Å². The van der Waals surface area contributed by atoms with Crippen molar-refractivity contribution in [3.8, 4) is 16.9 Å². The predicted molar refractivity (Wildman–Crippen MR) is 81.8 cm³/mol. The zero-order valence-electron chi connectivity index (χ0n) is 11.3. The maximum Gasteiger partial charge on any atom is 0.124 e. The summed E-state index contributed by atoms with van der Waals surface area (Å²) < 4.78 is 6.09. The molecular weight excluding hydrogens is 246 g/mol. The van der Waals surface area contributed by atoms with E-state index in [0.717, 1.165) is 17.9 Å². The molecule has 2 aromatic carbocycles. The van der Waals surface area contributed by atoms with Crippen LogP contribution in [0.1, 0.15) is 24.3 Å². The normalized spacial score (nSPS) is 23.0. The van der Waals surface area contributed by atoms with Crippen molar-refractivity contribution in [2.75, 3.05) is 5.73 Å². The second kappa shape index (κ2) is 4.41. The van der Waals surface area contributed by atoms with E-state index in [1.807, 2.05) is 12.1 Å². The molecule has 2 nitrogen and oxygen atoms in total. The molecule has 1 aliphatic carbocycles. The number of benzene rings is 2. The highest BCUT2D eigenvalue weighted by Crippen LogP contribution is 2.47. The van der Waals surface area contributed by atoms with Crippen molar-refractivity contribution in [3.63, 3.8) is 0 Å². The monoisotopic (exact) mass is 263 g/mol. The van der Waals surface area contributed by atoms with Crippen LogP contribution >= 0.6 is 0 Å². The van der Waals surface area contributed by atoms with E-state index in [1.54, 1.807) is 0 Å². The minimum absolute atomic E-state index is 0.216. The number of nitrogens with two attached hydrogens (primary N) is 1. The second-order valence-corrected chi connectivity index (χ2v) is 5.53. The molecule has 2 atom stereocenters. The summed E-state index contributed by atoms with van der Waals surface area (Å²) in [5.74, 6) is 1.53. The lowest BCUT2D eigenvalue weighted by molar-refractivity contribution is 0.244. The summed E-state index contributed by atoms with van der Waals surface area (Å²) >= 11 is 0. The van der Waals surface area contributed by atoms with Gasteiger partial charge in [0, 0.05) is 17.2 Å². The first kappa shape index (κ1) is 11.6. The first-order valence-electron chi connectivity index (χ1n) is 7.15. The van der Waals surface area contributed by atoms with Crippen LogP contribution in [-0.4, -0.2) is 6.10 Å². The van der Waals surface area contributed by atoms with Crippen LogP contribution in [-0.2, 0) is 0 Å². The number of hydrogen-bond acceptors (Lipinski definition) is 2. The fraction of sp³-hybridized carbons (Fsp3) is 0.222. The van der Waals surface area contributed by atoms with E-state index in [-0.39, 0.29) is 6.10 Å². The summed E-state index contributed by atoms with van der Waals surface area (Å²) in [6.45, 7) is 0. The van der Waals surface area contributed by atoms with Gasteiger partial charge in [-0.3, -0.25) is 0 Å². The number of ether oxygens (including phenoxy) is 1. The summed E-state index contributed by atoms with van der Waals surface area (Å²) in [5.41, 5.74) is 10.5. The Labute approximate surface area is 118 Å². The van der Waals surface area contributed by atoms with E-state index in [4.69, 9.17) is 10.5 Å². The van der Waals surface area contributed by atoms with Gasteiger partial charge in [-0.1, -0.05) is 30.3 Å². The number of hydrogen-bond donors (Lipinski definition) is 1. The molecule has 2 aromatic rings. The molecule has 0 bridgehead atoms. The molecule has 1 aliphatic heterocycles. The molecule has 0 fully saturated rings. The lowest BCUT2D eigenvalue weighted by Crippen LogP contribution is -2.18. The van der Waals surface area contributed by atoms with Crippen LogP contribution in [0.4, 0.5) is 5.69 Å². The number of allylic oxidation sites excluding steroid dienone is 1. The Morgan fingerprint density at radius 3 is 2.75 bits per heavy atom. The molecule has 2 unspecified atom stereocenters. The second-order valence-electron chi connectivity index (χ2n) is 5.53. The molecule has 20 heavy (non-hydrogen) atoms. The number of anilines is 1. The molecular formula is C18H17NO. The highest BCUT2D eigenvalue weighted by atomic mass is 16.5. The molecule has 1 heterocycles. The van der Waals surface area contributed by atoms with Gasteiger partial charge < -0.3 is 10.5 Å². The van der Waals surface area contributed by atoms with Crippen LogP contribution < -0.4 is 10.5 Å². The van der Waals surface area contributed by atoms with Gasteiger partial charge in [-0.05, 0) is 48.2 Å². The fourth-order valence-corrected chi connectivity index (χ4v) is 3.32. The Morgan fingerprint density at radius 1 is 1.05 bits per heavy atom. The Bertz CT molecular complexity index is 672. The van der Waals surface area contributed by atoms with Crippen molar-refractivity contribution >= 4 is 5.69 Å². The van der Waals surface area contributed by atoms with Gasteiger partial charge in [0.25, 0.3) is 0 Å². The smallest absolute Gasteiger partial charge is 0.124 e. The minimum atomic E-state index is 0.216. The van der Waals surface area contributed by atoms with Crippen LogP contribution in [0.15, 0.2) is 54.6 Å². The largest absolute Gasteiger partial charge is 0.485 e. The van der Waals surface area contributed by atoms with Crippen LogP contribution in [0.25, 0.3) is 11.1 Å². The highest BCUT2D eigenvalue weighted by molar-refractivity contribution is 5.73. The predicted octanol–water partition coefficient (Wildman–Crippen LogP) is 4.13. The standard InChI is InChI=1S/C18H17NO/c19-13-10-8-12(9-11-13)14-5-3-7-17-18(14)15-4-1-2-6-16(15)20-17/h2-3,5-11,15-16H,1,4,19H2. The fourth-order valence-electron chi connectivity index (χ4n) is 3.32. The maximum absolute atomic E-state index is 6.09. The third kappa shape index (κ3) is 1.72. The first-order chi connectivity index (χ1) is 9.83.